The minimum absolute atomic E-state index is 0.0232. The maximum Gasteiger partial charge on any atom is 0.204 e. The van der Waals surface area contributed by atoms with Crippen LogP contribution in [0.1, 0.15) is 17.3 Å². The Kier molecular flexibility index (Phi) is 7.42. The second-order valence-corrected chi connectivity index (χ2v) is 3.94. The molecule has 0 aliphatic rings. The fourth-order valence-corrected chi connectivity index (χ4v) is 1.65. The average molecular weight is 306 g/mol. The van der Waals surface area contributed by atoms with Crippen LogP contribution in [-0.2, 0) is 0 Å². The van der Waals surface area contributed by atoms with Gasteiger partial charge in [-0.25, -0.2) is 13.2 Å². The van der Waals surface area contributed by atoms with E-state index in [4.69, 9.17) is 14.2 Å². The molecule has 118 valence electrons. The number of carbonyl (C=O) groups excluding carboxylic acids is 1. The van der Waals surface area contributed by atoms with Gasteiger partial charge >= 0.3 is 0 Å². The molecule has 0 bridgehead atoms. The number of hydrogen-bond donors (Lipinski definition) is 0. The smallest absolute Gasteiger partial charge is 0.204 e. The quantitative estimate of drug-likeness (QED) is 0.624. The molecule has 1 rings (SSSR count). The van der Waals surface area contributed by atoms with Crippen molar-refractivity contribution in [2.45, 2.75) is 6.92 Å². The molecule has 0 aliphatic heterocycles. The van der Waals surface area contributed by atoms with Gasteiger partial charge in [0.15, 0.2) is 17.3 Å². The minimum atomic E-state index is -0.768. The zero-order valence-electron chi connectivity index (χ0n) is 11.7. The number of halogens is 3. The van der Waals surface area contributed by atoms with E-state index in [1.54, 1.807) is 0 Å². The van der Waals surface area contributed by atoms with Crippen LogP contribution in [0.3, 0.4) is 0 Å². The van der Waals surface area contributed by atoms with Gasteiger partial charge < -0.3 is 14.2 Å². The van der Waals surface area contributed by atoms with E-state index >= 15 is 0 Å². The summed E-state index contributed by atoms with van der Waals surface area (Å²) >= 11 is 0. The minimum Gasteiger partial charge on any atom is -0.487 e. The van der Waals surface area contributed by atoms with Crippen LogP contribution >= 0.6 is 0 Å². The summed E-state index contributed by atoms with van der Waals surface area (Å²) in [7, 11) is 0. The van der Waals surface area contributed by atoms with E-state index in [0.717, 1.165) is 0 Å². The van der Waals surface area contributed by atoms with Gasteiger partial charge in [-0.15, -0.1) is 0 Å². The number of rotatable bonds is 10. The highest BCUT2D eigenvalue weighted by atomic mass is 19.1. The largest absolute Gasteiger partial charge is 0.487 e. The lowest BCUT2D eigenvalue weighted by molar-refractivity contribution is 0.101. The second-order valence-electron chi connectivity index (χ2n) is 3.94. The lowest BCUT2D eigenvalue weighted by Crippen LogP contribution is -2.10. The summed E-state index contributed by atoms with van der Waals surface area (Å²) in [5.74, 6) is -0.266. The van der Waals surface area contributed by atoms with E-state index in [2.05, 4.69) is 0 Å². The zero-order chi connectivity index (χ0) is 15.7. The maximum atomic E-state index is 12.3. The van der Waals surface area contributed by atoms with Crippen LogP contribution in [0, 0.1) is 0 Å². The highest BCUT2D eigenvalue weighted by Crippen LogP contribution is 2.40. The van der Waals surface area contributed by atoms with E-state index in [9.17, 15) is 18.0 Å². The fourth-order valence-electron chi connectivity index (χ4n) is 1.65. The third-order valence-electron chi connectivity index (χ3n) is 2.44. The Hall–Kier alpha value is -1.92. The Morgan fingerprint density at radius 3 is 1.95 bits per heavy atom. The van der Waals surface area contributed by atoms with Gasteiger partial charge in [0.1, 0.15) is 39.8 Å². The molecule has 21 heavy (non-hydrogen) atoms. The predicted octanol–water partition coefficient (Wildman–Crippen LogP) is 2.93. The van der Waals surface area contributed by atoms with Crippen molar-refractivity contribution in [3.05, 3.63) is 17.7 Å². The summed E-state index contributed by atoms with van der Waals surface area (Å²) in [5.41, 5.74) is 0.157. The lowest BCUT2D eigenvalue weighted by atomic mass is 10.1. The summed E-state index contributed by atoms with van der Waals surface area (Å²) in [6.07, 6.45) is 0. The number of hydrogen-bond acceptors (Lipinski definition) is 4. The molecule has 0 aliphatic carbocycles. The molecule has 0 amide bonds. The van der Waals surface area contributed by atoms with Gasteiger partial charge in [-0.1, -0.05) is 0 Å². The molecule has 0 saturated carbocycles. The summed E-state index contributed by atoms with van der Waals surface area (Å²) in [6.45, 7) is -1.77. The van der Waals surface area contributed by atoms with Crippen molar-refractivity contribution < 1.29 is 32.2 Å². The molecule has 0 saturated heterocycles. The summed E-state index contributed by atoms with van der Waals surface area (Å²) in [5, 5.41) is 0. The van der Waals surface area contributed by atoms with E-state index in [1.807, 2.05) is 0 Å². The number of alkyl halides is 3. The predicted molar refractivity (Wildman–Crippen MR) is 70.9 cm³/mol. The first kappa shape index (κ1) is 17.1. The van der Waals surface area contributed by atoms with Gasteiger partial charge in [-0.3, -0.25) is 4.79 Å². The number of carbonyl (C=O) groups is 1. The van der Waals surface area contributed by atoms with Gasteiger partial charge in [0.25, 0.3) is 0 Å². The van der Waals surface area contributed by atoms with Gasteiger partial charge in [-0.05, 0) is 19.1 Å². The van der Waals surface area contributed by atoms with E-state index in [-0.39, 0.29) is 48.4 Å². The number of ketones is 1. The Morgan fingerprint density at radius 2 is 1.43 bits per heavy atom. The van der Waals surface area contributed by atoms with Crippen LogP contribution in [0.2, 0.25) is 0 Å². The number of Topliss-reactive ketones (excluding diaryl/α,β-unsaturated/α-hetero) is 1. The van der Waals surface area contributed by atoms with Crippen LogP contribution in [0.4, 0.5) is 13.2 Å². The molecule has 0 spiro atoms. The van der Waals surface area contributed by atoms with Crippen LogP contribution in [0.15, 0.2) is 12.1 Å². The van der Waals surface area contributed by atoms with Crippen molar-refractivity contribution in [3.63, 3.8) is 0 Å². The van der Waals surface area contributed by atoms with Crippen LogP contribution in [0.5, 0.6) is 17.2 Å². The summed E-state index contributed by atoms with van der Waals surface area (Å²) < 4.78 is 52.3. The molecule has 0 unspecified atom stereocenters. The molecule has 1 aromatic rings. The van der Waals surface area contributed by atoms with Crippen molar-refractivity contribution in [2.75, 3.05) is 39.8 Å². The normalized spacial score (nSPS) is 10.3. The molecule has 0 aromatic heterocycles. The van der Waals surface area contributed by atoms with Gasteiger partial charge in [-0.2, -0.15) is 0 Å². The Bertz CT molecular complexity index is 466. The number of benzene rings is 1. The van der Waals surface area contributed by atoms with Crippen molar-refractivity contribution in [1.82, 2.24) is 0 Å². The monoisotopic (exact) mass is 306 g/mol. The molecular weight excluding hydrogens is 289 g/mol. The molecule has 0 heterocycles. The van der Waals surface area contributed by atoms with Crippen molar-refractivity contribution in [1.29, 1.82) is 0 Å². The van der Waals surface area contributed by atoms with E-state index in [0.29, 0.717) is 0 Å². The summed E-state index contributed by atoms with van der Waals surface area (Å²) in [4.78, 5) is 11.6. The Labute approximate surface area is 120 Å². The topological polar surface area (TPSA) is 44.8 Å². The molecular formula is C14H17F3O4. The SMILES string of the molecule is CC(=O)c1ccc(OCCF)c(OCCF)c1OCCF. The molecule has 4 nitrogen and oxygen atoms in total. The van der Waals surface area contributed by atoms with Gasteiger partial charge in [0, 0.05) is 0 Å². The van der Waals surface area contributed by atoms with Crippen LogP contribution in [0.25, 0.3) is 0 Å². The molecule has 0 radical (unpaired) electrons. The Morgan fingerprint density at radius 1 is 0.905 bits per heavy atom. The van der Waals surface area contributed by atoms with Crippen molar-refractivity contribution in [2.24, 2.45) is 0 Å². The highest BCUT2D eigenvalue weighted by molar-refractivity contribution is 5.98. The second kappa shape index (κ2) is 9.10. The van der Waals surface area contributed by atoms with Gasteiger partial charge in [0.2, 0.25) is 5.75 Å². The van der Waals surface area contributed by atoms with Gasteiger partial charge in [0.05, 0.1) is 5.56 Å². The van der Waals surface area contributed by atoms with Crippen molar-refractivity contribution in [3.8, 4) is 17.2 Å². The summed E-state index contributed by atoms with van der Waals surface area (Å²) in [6, 6.07) is 2.81. The number of ether oxygens (including phenoxy) is 3. The third-order valence-corrected chi connectivity index (χ3v) is 2.44. The Balaban J connectivity index is 3.22. The molecule has 0 fully saturated rings. The van der Waals surface area contributed by atoms with E-state index in [1.165, 1.54) is 19.1 Å². The van der Waals surface area contributed by atoms with Crippen molar-refractivity contribution >= 4 is 5.78 Å². The first-order chi connectivity index (χ1) is 10.2. The zero-order valence-corrected chi connectivity index (χ0v) is 11.7. The fraction of sp³-hybridized carbons (Fsp3) is 0.500. The highest BCUT2D eigenvalue weighted by Gasteiger charge is 2.20. The average Bonchev–Trinajstić information content (AvgIpc) is 2.48. The molecule has 7 heteroatoms. The molecule has 0 atom stereocenters. The maximum absolute atomic E-state index is 12.3. The molecule has 1 aromatic carbocycles. The standard InChI is InChI=1S/C14H17F3O4/c1-10(18)11-2-3-12(19-7-4-15)14(21-9-6-17)13(11)20-8-5-16/h2-3H,4-9H2,1H3. The van der Waals surface area contributed by atoms with Crippen LogP contribution in [-0.4, -0.2) is 45.6 Å². The first-order valence-electron chi connectivity index (χ1n) is 6.39. The van der Waals surface area contributed by atoms with Crippen LogP contribution < -0.4 is 14.2 Å². The lowest BCUT2D eigenvalue weighted by Gasteiger charge is -2.17. The first-order valence-corrected chi connectivity index (χ1v) is 6.39. The van der Waals surface area contributed by atoms with E-state index < -0.39 is 20.0 Å². The third kappa shape index (κ3) is 4.84. The molecule has 0 N–H and O–H groups in total.